The van der Waals surface area contributed by atoms with Crippen LogP contribution in [0, 0.1) is 0 Å². The number of nitrogens with two attached hydrogens (primary N) is 3. The van der Waals surface area contributed by atoms with Gasteiger partial charge in [-0.1, -0.05) is 18.2 Å². The summed E-state index contributed by atoms with van der Waals surface area (Å²) in [4.78, 5) is 7.47. The quantitative estimate of drug-likeness (QED) is 0.366. The van der Waals surface area contributed by atoms with Crippen molar-refractivity contribution in [1.82, 2.24) is 0 Å². The van der Waals surface area contributed by atoms with Crippen LogP contribution in [0.2, 0.25) is 0 Å². The molecule has 1 rings (SSSR count). The zero-order chi connectivity index (χ0) is 11.8. The highest BCUT2D eigenvalue weighted by molar-refractivity contribution is 5.92. The summed E-state index contributed by atoms with van der Waals surface area (Å²) in [6.07, 6.45) is 0. The summed E-state index contributed by atoms with van der Waals surface area (Å²) < 4.78 is 5.39. The summed E-state index contributed by atoms with van der Waals surface area (Å²) in [5, 5.41) is 0. The van der Waals surface area contributed by atoms with Crippen LogP contribution < -0.4 is 21.9 Å². The van der Waals surface area contributed by atoms with Gasteiger partial charge in [0, 0.05) is 0 Å². The van der Waals surface area contributed by atoms with Crippen molar-refractivity contribution >= 4 is 11.9 Å². The molecule has 0 unspecified atom stereocenters. The monoisotopic (exact) mass is 221 g/mol. The Morgan fingerprint density at radius 2 is 1.81 bits per heavy atom. The van der Waals surface area contributed by atoms with E-state index in [2.05, 4.69) is 9.98 Å². The predicted molar refractivity (Wildman–Crippen MR) is 64.2 cm³/mol. The smallest absolute Gasteiger partial charge is 0.218 e. The van der Waals surface area contributed by atoms with Gasteiger partial charge in [-0.25, -0.2) is 4.99 Å². The van der Waals surface area contributed by atoms with Crippen molar-refractivity contribution in [2.24, 2.45) is 27.2 Å². The molecule has 0 aromatic heterocycles. The van der Waals surface area contributed by atoms with Crippen LogP contribution in [0.15, 0.2) is 40.3 Å². The molecular weight excluding hydrogens is 206 g/mol. The number of benzene rings is 1. The lowest BCUT2D eigenvalue weighted by atomic mass is 10.3. The van der Waals surface area contributed by atoms with Gasteiger partial charge < -0.3 is 21.9 Å². The fourth-order valence-corrected chi connectivity index (χ4v) is 1.01. The molecule has 1 aromatic rings. The highest BCUT2D eigenvalue weighted by atomic mass is 16.5. The Labute approximate surface area is 93.8 Å². The normalized spacial score (nSPS) is 10.9. The first kappa shape index (κ1) is 11.8. The molecule has 0 radical (unpaired) electrons. The number of rotatable bonds is 4. The Morgan fingerprint density at radius 1 is 1.12 bits per heavy atom. The van der Waals surface area contributed by atoms with Crippen LogP contribution >= 0.6 is 0 Å². The van der Waals surface area contributed by atoms with Gasteiger partial charge in [0.25, 0.3) is 0 Å². The Kier molecular flexibility index (Phi) is 4.65. The summed E-state index contributed by atoms with van der Waals surface area (Å²) >= 11 is 0. The molecule has 0 aliphatic heterocycles. The average molecular weight is 221 g/mol. The van der Waals surface area contributed by atoms with Gasteiger partial charge in [-0.2, -0.15) is 4.99 Å². The second kappa shape index (κ2) is 6.28. The van der Waals surface area contributed by atoms with E-state index in [9.17, 15) is 0 Å². The third-order valence-electron chi connectivity index (χ3n) is 1.62. The Morgan fingerprint density at radius 3 is 2.44 bits per heavy atom. The molecule has 0 aliphatic carbocycles. The molecular formula is C10H15N5O. The largest absolute Gasteiger partial charge is 0.492 e. The Hall–Kier alpha value is -2.24. The molecule has 6 nitrogen and oxygen atoms in total. The van der Waals surface area contributed by atoms with Crippen LogP contribution in [0.1, 0.15) is 0 Å². The molecule has 0 bridgehead atoms. The van der Waals surface area contributed by atoms with Gasteiger partial charge in [-0.05, 0) is 12.1 Å². The predicted octanol–water partition coefficient (Wildman–Crippen LogP) is -0.346. The number of hydrogen-bond acceptors (Lipinski definition) is 2. The lowest BCUT2D eigenvalue weighted by Gasteiger charge is -2.03. The number of nitrogens with zero attached hydrogens (tertiary/aromatic N) is 2. The first-order valence-corrected chi connectivity index (χ1v) is 4.76. The summed E-state index contributed by atoms with van der Waals surface area (Å²) in [5.74, 6) is 0.736. The molecule has 0 heterocycles. The van der Waals surface area contributed by atoms with Crippen molar-refractivity contribution in [2.75, 3.05) is 13.2 Å². The maximum atomic E-state index is 5.40. The van der Waals surface area contributed by atoms with Crippen molar-refractivity contribution in [2.45, 2.75) is 0 Å². The van der Waals surface area contributed by atoms with E-state index in [1.165, 1.54) is 0 Å². The fraction of sp³-hybridized carbons (Fsp3) is 0.200. The molecule has 0 saturated heterocycles. The van der Waals surface area contributed by atoms with Crippen LogP contribution in [-0.2, 0) is 0 Å². The average Bonchev–Trinajstić information content (AvgIpc) is 2.25. The molecule has 1 aromatic carbocycles. The standard InChI is InChI=1S/C10H15N5O/c11-9(12)15-10(13)14-6-7-16-8-4-2-1-3-5-8/h1-5H,6-7H2,(H6,11,12,13,14,15). The van der Waals surface area contributed by atoms with E-state index >= 15 is 0 Å². The van der Waals surface area contributed by atoms with E-state index in [0.29, 0.717) is 13.2 Å². The van der Waals surface area contributed by atoms with Gasteiger partial charge in [-0.15, -0.1) is 0 Å². The Balaban J connectivity index is 2.29. The van der Waals surface area contributed by atoms with Crippen molar-refractivity contribution in [1.29, 1.82) is 0 Å². The van der Waals surface area contributed by atoms with Gasteiger partial charge in [0.2, 0.25) is 5.96 Å². The van der Waals surface area contributed by atoms with Crippen molar-refractivity contribution in [3.63, 3.8) is 0 Å². The van der Waals surface area contributed by atoms with Crippen LogP contribution in [0.3, 0.4) is 0 Å². The van der Waals surface area contributed by atoms with E-state index in [-0.39, 0.29) is 11.9 Å². The fourth-order valence-electron chi connectivity index (χ4n) is 1.01. The minimum absolute atomic E-state index is 0.0525. The maximum Gasteiger partial charge on any atom is 0.218 e. The summed E-state index contributed by atoms with van der Waals surface area (Å²) in [6, 6.07) is 9.44. The SMILES string of the molecule is NC(N)=NC(N)=NCCOc1ccccc1. The number of ether oxygens (including phenoxy) is 1. The van der Waals surface area contributed by atoms with Gasteiger partial charge >= 0.3 is 0 Å². The van der Waals surface area contributed by atoms with Crippen LogP contribution in [0.5, 0.6) is 5.75 Å². The molecule has 0 aliphatic rings. The third-order valence-corrected chi connectivity index (χ3v) is 1.62. The van der Waals surface area contributed by atoms with Crippen LogP contribution in [-0.4, -0.2) is 25.1 Å². The topological polar surface area (TPSA) is 112 Å². The molecule has 0 amide bonds. The first-order valence-electron chi connectivity index (χ1n) is 4.76. The van der Waals surface area contributed by atoms with Gasteiger partial charge in [-0.3, -0.25) is 0 Å². The van der Waals surface area contributed by atoms with Gasteiger partial charge in [0.15, 0.2) is 5.96 Å². The molecule has 0 fully saturated rings. The minimum Gasteiger partial charge on any atom is -0.492 e. The number of aliphatic imine (C=N–C) groups is 2. The highest BCUT2D eigenvalue weighted by Gasteiger charge is 1.91. The first-order chi connectivity index (χ1) is 7.68. The lowest BCUT2D eigenvalue weighted by Crippen LogP contribution is -2.26. The van der Waals surface area contributed by atoms with Crippen molar-refractivity contribution in [3.05, 3.63) is 30.3 Å². The molecule has 16 heavy (non-hydrogen) atoms. The minimum atomic E-state index is -0.106. The van der Waals surface area contributed by atoms with E-state index in [1.54, 1.807) is 0 Å². The van der Waals surface area contributed by atoms with E-state index in [0.717, 1.165) is 5.75 Å². The number of guanidine groups is 2. The number of hydrogen-bond donors (Lipinski definition) is 3. The van der Waals surface area contributed by atoms with E-state index < -0.39 is 0 Å². The van der Waals surface area contributed by atoms with E-state index in [4.69, 9.17) is 21.9 Å². The molecule has 86 valence electrons. The zero-order valence-corrected chi connectivity index (χ0v) is 8.84. The summed E-state index contributed by atoms with van der Waals surface area (Å²) in [6.45, 7) is 0.822. The van der Waals surface area contributed by atoms with Crippen LogP contribution in [0.25, 0.3) is 0 Å². The molecule has 0 saturated carbocycles. The molecule has 6 heteroatoms. The van der Waals surface area contributed by atoms with Gasteiger partial charge in [0.1, 0.15) is 12.4 Å². The molecule has 6 N–H and O–H groups in total. The molecule has 0 spiro atoms. The zero-order valence-electron chi connectivity index (χ0n) is 8.84. The second-order valence-corrected chi connectivity index (χ2v) is 2.94. The second-order valence-electron chi connectivity index (χ2n) is 2.94. The number of para-hydroxylation sites is 1. The van der Waals surface area contributed by atoms with Crippen molar-refractivity contribution in [3.8, 4) is 5.75 Å². The van der Waals surface area contributed by atoms with Crippen molar-refractivity contribution < 1.29 is 4.74 Å². The summed E-state index contributed by atoms with van der Waals surface area (Å²) in [7, 11) is 0. The van der Waals surface area contributed by atoms with Gasteiger partial charge in [0.05, 0.1) is 6.54 Å². The Bertz CT molecular complexity index is 370. The highest BCUT2D eigenvalue weighted by Crippen LogP contribution is 2.07. The molecule has 0 atom stereocenters. The summed E-state index contributed by atoms with van der Waals surface area (Å²) in [5.41, 5.74) is 15.6. The van der Waals surface area contributed by atoms with E-state index in [1.807, 2.05) is 30.3 Å². The maximum absolute atomic E-state index is 5.40. The third kappa shape index (κ3) is 4.85. The van der Waals surface area contributed by atoms with Crippen LogP contribution in [0.4, 0.5) is 0 Å². The lowest BCUT2D eigenvalue weighted by molar-refractivity contribution is 0.328.